The summed E-state index contributed by atoms with van der Waals surface area (Å²) < 4.78 is 0. The highest BCUT2D eigenvalue weighted by molar-refractivity contribution is 5.79. The summed E-state index contributed by atoms with van der Waals surface area (Å²) in [5.74, 6) is 2.12. The third-order valence-corrected chi connectivity index (χ3v) is 3.34. The minimum Gasteiger partial charge on any atom is -0.368 e. The molecule has 1 fully saturated rings. The van der Waals surface area contributed by atoms with E-state index in [1.165, 1.54) is 0 Å². The van der Waals surface area contributed by atoms with Crippen molar-refractivity contribution in [2.45, 2.75) is 18.8 Å². The minimum absolute atomic E-state index is 0.274. The molecular formula is C14H12N6. The fraction of sp³-hybridized carbons (Fsp3) is 0.214. The summed E-state index contributed by atoms with van der Waals surface area (Å²) >= 11 is 0. The van der Waals surface area contributed by atoms with E-state index in [1.807, 2.05) is 18.2 Å². The van der Waals surface area contributed by atoms with E-state index in [-0.39, 0.29) is 5.95 Å². The number of anilines is 1. The zero-order valence-electron chi connectivity index (χ0n) is 10.7. The van der Waals surface area contributed by atoms with Crippen LogP contribution in [0.4, 0.5) is 5.95 Å². The van der Waals surface area contributed by atoms with Gasteiger partial charge in [0.1, 0.15) is 5.82 Å². The maximum absolute atomic E-state index is 5.78. The lowest BCUT2D eigenvalue weighted by molar-refractivity contribution is 0.902. The molecule has 1 saturated carbocycles. The molecule has 98 valence electrons. The Bertz CT molecular complexity index is 797. The highest BCUT2D eigenvalue weighted by Gasteiger charge is 2.27. The molecule has 20 heavy (non-hydrogen) atoms. The predicted molar refractivity (Wildman–Crippen MR) is 74.7 cm³/mol. The number of nitrogens with zero attached hydrogens (tertiary/aromatic N) is 5. The standard InChI is InChI=1S/C14H12N6/c15-14-19-12(8-1-2-8)18-13(20-14)9-3-4-10-11(7-9)17-6-5-16-10/h3-8H,1-2H2,(H2,15,18,19,20). The van der Waals surface area contributed by atoms with Gasteiger partial charge >= 0.3 is 0 Å². The molecular weight excluding hydrogens is 252 g/mol. The Morgan fingerprint density at radius 2 is 1.75 bits per heavy atom. The van der Waals surface area contributed by atoms with Crippen LogP contribution in [0.2, 0.25) is 0 Å². The summed E-state index contributed by atoms with van der Waals surface area (Å²) in [6.07, 6.45) is 5.61. The quantitative estimate of drug-likeness (QED) is 0.760. The van der Waals surface area contributed by atoms with E-state index in [0.717, 1.165) is 35.3 Å². The Hall–Kier alpha value is -2.63. The first-order valence-electron chi connectivity index (χ1n) is 6.52. The Kier molecular flexibility index (Phi) is 2.35. The van der Waals surface area contributed by atoms with Gasteiger partial charge < -0.3 is 5.73 Å². The topological polar surface area (TPSA) is 90.5 Å². The molecule has 4 rings (SSSR count). The molecule has 1 aromatic carbocycles. The van der Waals surface area contributed by atoms with Gasteiger partial charge in [0, 0.05) is 23.9 Å². The van der Waals surface area contributed by atoms with Gasteiger partial charge in [0.15, 0.2) is 5.82 Å². The number of fused-ring (bicyclic) bond motifs is 1. The third kappa shape index (κ3) is 1.95. The fourth-order valence-electron chi connectivity index (χ4n) is 2.16. The molecule has 2 heterocycles. The number of nitrogen functional groups attached to an aromatic ring is 1. The Balaban J connectivity index is 1.85. The van der Waals surface area contributed by atoms with E-state index in [0.29, 0.717) is 11.7 Å². The van der Waals surface area contributed by atoms with Crippen LogP contribution in [0.25, 0.3) is 22.4 Å². The number of aromatic nitrogens is 5. The molecule has 0 bridgehead atoms. The van der Waals surface area contributed by atoms with Crippen molar-refractivity contribution < 1.29 is 0 Å². The van der Waals surface area contributed by atoms with Gasteiger partial charge in [-0.05, 0) is 31.0 Å². The summed E-state index contributed by atoms with van der Waals surface area (Å²) in [4.78, 5) is 21.5. The lowest BCUT2D eigenvalue weighted by Gasteiger charge is -2.05. The molecule has 0 amide bonds. The molecule has 0 unspecified atom stereocenters. The summed E-state index contributed by atoms with van der Waals surface area (Å²) in [6, 6.07) is 5.77. The third-order valence-electron chi connectivity index (χ3n) is 3.34. The van der Waals surface area contributed by atoms with Crippen LogP contribution in [0.15, 0.2) is 30.6 Å². The van der Waals surface area contributed by atoms with Crippen LogP contribution in [0.1, 0.15) is 24.6 Å². The molecule has 2 N–H and O–H groups in total. The van der Waals surface area contributed by atoms with Crippen LogP contribution >= 0.6 is 0 Å². The average molecular weight is 264 g/mol. The summed E-state index contributed by atoms with van der Waals surface area (Å²) in [5.41, 5.74) is 8.33. The molecule has 0 saturated heterocycles. The number of hydrogen-bond acceptors (Lipinski definition) is 6. The van der Waals surface area contributed by atoms with E-state index in [2.05, 4.69) is 24.9 Å². The van der Waals surface area contributed by atoms with Crippen LogP contribution in [0.5, 0.6) is 0 Å². The second-order valence-corrected chi connectivity index (χ2v) is 4.91. The van der Waals surface area contributed by atoms with E-state index < -0.39 is 0 Å². The maximum atomic E-state index is 5.78. The number of rotatable bonds is 2. The molecule has 1 aliphatic rings. The zero-order valence-corrected chi connectivity index (χ0v) is 10.7. The molecule has 3 aromatic rings. The van der Waals surface area contributed by atoms with Crippen molar-refractivity contribution in [2.75, 3.05) is 5.73 Å². The van der Waals surface area contributed by atoms with Crippen LogP contribution in [-0.4, -0.2) is 24.9 Å². The van der Waals surface area contributed by atoms with Crippen molar-refractivity contribution in [3.8, 4) is 11.4 Å². The number of benzene rings is 1. The second kappa shape index (κ2) is 4.19. The van der Waals surface area contributed by atoms with Gasteiger partial charge in [-0.15, -0.1) is 0 Å². The zero-order chi connectivity index (χ0) is 13.5. The first kappa shape index (κ1) is 11.2. The molecule has 0 radical (unpaired) electrons. The molecule has 0 aliphatic heterocycles. The van der Waals surface area contributed by atoms with Crippen molar-refractivity contribution in [2.24, 2.45) is 0 Å². The van der Waals surface area contributed by atoms with Gasteiger partial charge in [-0.3, -0.25) is 9.97 Å². The van der Waals surface area contributed by atoms with E-state index in [1.54, 1.807) is 12.4 Å². The van der Waals surface area contributed by atoms with Gasteiger partial charge in [-0.2, -0.15) is 9.97 Å². The summed E-state index contributed by atoms with van der Waals surface area (Å²) in [6.45, 7) is 0. The average Bonchev–Trinajstić information content (AvgIpc) is 3.31. The van der Waals surface area contributed by atoms with Crippen molar-refractivity contribution in [3.63, 3.8) is 0 Å². The Morgan fingerprint density at radius 1 is 0.950 bits per heavy atom. The van der Waals surface area contributed by atoms with Crippen LogP contribution in [-0.2, 0) is 0 Å². The van der Waals surface area contributed by atoms with Gasteiger partial charge in [0.25, 0.3) is 0 Å². The molecule has 6 nitrogen and oxygen atoms in total. The van der Waals surface area contributed by atoms with Gasteiger partial charge in [-0.25, -0.2) is 4.98 Å². The van der Waals surface area contributed by atoms with Crippen molar-refractivity contribution in [3.05, 3.63) is 36.4 Å². The highest BCUT2D eigenvalue weighted by Crippen LogP contribution is 2.38. The van der Waals surface area contributed by atoms with Gasteiger partial charge in [-0.1, -0.05) is 0 Å². The SMILES string of the molecule is Nc1nc(-c2ccc3nccnc3c2)nc(C2CC2)n1. The van der Waals surface area contributed by atoms with Crippen molar-refractivity contribution in [1.82, 2.24) is 24.9 Å². The Labute approximate surface area is 115 Å². The monoisotopic (exact) mass is 264 g/mol. The van der Waals surface area contributed by atoms with Crippen LogP contribution in [0, 0.1) is 0 Å². The molecule has 1 aliphatic carbocycles. The van der Waals surface area contributed by atoms with Gasteiger partial charge in [0.05, 0.1) is 11.0 Å². The van der Waals surface area contributed by atoms with E-state index in [4.69, 9.17) is 5.73 Å². The molecule has 0 spiro atoms. The normalized spacial score (nSPS) is 14.6. The predicted octanol–water partition coefficient (Wildman–Crippen LogP) is 1.94. The Morgan fingerprint density at radius 3 is 2.55 bits per heavy atom. The largest absolute Gasteiger partial charge is 0.368 e. The molecule has 2 aromatic heterocycles. The lowest BCUT2D eigenvalue weighted by Crippen LogP contribution is -2.04. The minimum atomic E-state index is 0.274. The summed E-state index contributed by atoms with van der Waals surface area (Å²) in [5, 5.41) is 0. The highest BCUT2D eigenvalue weighted by atomic mass is 15.1. The lowest BCUT2D eigenvalue weighted by atomic mass is 10.2. The van der Waals surface area contributed by atoms with Crippen molar-refractivity contribution in [1.29, 1.82) is 0 Å². The van der Waals surface area contributed by atoms with Crippen molar-refractivity contribution >= 4 is 17.0 Å². The first-order valence-corrected chi connectivity index (χ1v) is 6.52. The molecule has 0 atom stereocenters. The van der Waals surface area contributed by atoms with E-state index >= 15 is 0 Å². The summed E-state index contributed by atoms with van der Waals surface area (Å²) in [7, 11) is 0. The molecule has 6 heteroatoms. The first-order chi connectivity index (χ1) is 9.79. The second-order valence-electron chi connectivity index (χ2n) is 4.91. The maximum Gasteiger partial charge on any atom is 0.223 e. The van der Waals surface area contributed by atoms with E-state index in [9.17, 15) is 0 Å². The fourth-order valence-corrected chi connectivity index (χ4v) is 2.16. The smallest absolute Gasteiger partial charge is 0.223 e. The van der Waals surface area contributed by atoms with Crippen LogP contribution in [0.3, 0.4) is 0 Å². The number of hydrogen-bond donors (Lipinski definition) is 1. The number of nitrogens with two attached hydrogens (primary N) is 1. The van der Waals surface area contributed by atoms with Crippen LogP contribution < -0.4 is 5.73 Å². The van der Waals surface area contributed by atoms with Gasteiger partial charge in [0.2, 0.25) is 5.95 Å².